The monoisotopic (exact) mass is 506 g/mol. The second-order valence-electron chi connectivity index (χ2n) is 8.15. The lowest BCUT2D eigenvalue weighted by molar-refractivity contribution is -0.132. The van der Waals surface area contributed by atoms with Crippen molar-refractivity contribution in [2.75, 3.05) is 19.1 Å². The highest BCUT2D eigenvalue weighted by Crippen LogP contribution is 2.46. The molecule has 1 aliphatic rings. The number of ether oxygens (including phenoxy) is 2. The van der Waals surface area contributed by atoms with Crippen molar-refractivity contribution in [3.05, 3.63) is 75.0 Å². The number of aliphatic hydroxyl groups excluding tert-OH is 1. The first kappa shape index (κ1) is 23.1. The van der Waals surface area contributed by atoms with Crippen LogP contribution in [-0.2, 0) is 9.59 Å². The van der Waals surface area contributed by atoms with Gasteiger partial charge in [-0.1, -0.05) is 17.4 Å². The lowest BCUT2D eigenvalue weighted by Gasteiger charge is -2.21. The topological polar surface area (TPSA) is 89.0 Å². The van der Waals surface area contributed by atoms with Gasteiger partial charge in [-0.3, -0.25) is 14.5 Å². The molecule has 1 unspecified atom stereocenters. The molecule has 0 spiro atoms. The number of thiazole rings is 1. The predicted octanol–water partition coefficient (Wildman–Crippen LogP) is 5.62. The molecule has 178 valence electrons. The summed E-state index contributed by atoms with van der Waals surface area (Å²) < 4.78 is 11.6. The molecule has 0 aliphatic carbocycles. The number of Topliss-reactive ketones (excluding diaryl/α,β-unsaturated/α-hetero) is 1. The predicted molar refractivity (Wildman–Crippen MR) is 138 cm³/mol. The molecule has 5 rings (SSSR count). The van der Waals surface area contributed by atoms with Crippen LogP contribution in [-0.4, -0.2) is 36.0 Å². The van der Waals surface area contributed by atoms with Gasteiger partial charge in [0.2, 0.25) is 0 Å². The van der Waals surface area contributed by atoms with E-state index in [0.717, 1.165) is 26.5 Å². The minimum atomic E-state index is -0.791. The Balaban J connectivity index is 1.69. The number of carbonyl (C=O) groups is 2. The molecule has 0 radical (unpaired) electrons. The lowest BCUT2D eigenvalue weighted by atomic mass is 9.99. The molecule has 4 aromatic rings. The summed E-state index contributed by atoms with van der Waals surface area (Å²) >= 11 is 2.71. The largest absolute Gasteiger partial charge is 0.507 e. The van der Waals surface area contributed by atoms with Crippen LogP contribution in [0.3, 0.4) is 0 Å². The van der Waals surface area contributed by atoms with Gasteiger partial charge < -0.3 is 14.6 Å². The quantitative estimate of drug-likeness (QED) is 0.215. The van der Waals surface area contributed by atoms with Gasteiger partial charge in [-0.25, -0.2) is 4.98 Å². The van der Waals surface area contributed by atoms with Crippen LogP contribution in [0.25, 0.3) is 16.0 Å². The highest BCUT2D eigenvalue weighted by Gasteiger charge is 2.48. The third-order valence-electron chi connectivity index (χ3n) is 6.03. The smallest absolute Gasteiger partial charge is 0.301 e. The van der Waals surface area contributed by atoms with E-state index in [2.05, 4.69) is 4.98 Å². The number of hydrogen-bond donors (Lipinski definition) is 1. The number of thiophene rings is 1. The van der Waals surface area contributed by atoms with Crippen LogP contribution in [0.2, 0.25) is 0 Å². The molecule has 1 fully saturated rings. The number of rotatable bonds is 5. The van der Waals surface area contributed by atoms with Crippen LogP contribution >= 0.6 is 22.7 Å². The Morgan fingerprint density at radius 1 is 1.03 bits per heavy atom. The fraction of sp³-hybridized carbons (Fsp3) is 0.192. The van der Waals surface area contributed by atoms with Crippen LogP contribution in [0.1, 0.15) is 27.6 Å². The maximum atomic E-state index is 13.3. The summed E-state index contributed by atoms with van der Waals surface area (Å²) in [4.78, 5) is 33.5. The maximum Gasteiger partial charge on any atom is 0.301 e. The standard InChI is InChI=1S/C26H22N2O5S2/c1-13-10-15(7-8-17(13)32-3)23(29)21-22(19-6-5-9-34-19)28(25(31)24(21)30)26-27-16-11-14(2)18(33-4)12-20(16)35-26/h5-12,22,29H,1-4H3/b23-21+. The Bertz CT molecular complexity index is 1500. The number of methoxy groups -OCH3 is 2. The third-order valence-corrected chi connectivity index (χ3v) is 7.97. The van der Waals surface area contributed by atoms with E-state index in [9.17, 15) is 14.7 Å². The number of fused-ring (bicyclic) bond motifs is 1. The number of anilines is 1. The molecule has 1 N–H and O–H groups in total. The summed E-state index contributed by atoms with van der Waals surface area (Å²) in [5.41, 5.74) is 2.90. The van der Waals surface area contributed by atoms with Crippen molar-refractivity contribution in [3.63, 3.8) is 0 Å². The van der Waals surface area contributed by atoms with Gasteiger partial charge in [0.05, 0.1) is 30.0 Å². The van der Waals surface area contributed by atoms with Gasteiger partial charge in [0.25, 0.3) is 5.78 Å². The SMILES string of the molecule is COc1ccc(/C(O)=C2\C(=O)C(=O)N(c3nc4cc(C)c(OC)cc4s3)C2c2cccs2)cc1C. The van der Waals surface area contributed by atoms with Crippen molar-refractivity contribution in [1.29, 1.82) is 0 Å². The average molecular weight is 507 g/mol. The van der Waals surface area contributed by atoms with Gasteiger partial charge in [0, 0.05) is 10.4 Å². The van der Waals surface area contributed by atoms with Gasteiger partial charge in [-0.05, 0) is 66.8 Å². The summed E-state index contributed by atoms with van der Waals surface area (Å²) in [6.07, 6.45) is 0. The Morgan fingerprint density at radius 2 is 1.77 bits per heavy atom. The van der Waals surface area contributed by atoms with E-state index in [-0.39, 0.29) is 11.3 Å². The molecule has 0 bridgehead atoms. The van der Waals surface area contributed by atoms with E-state index < -0.39 is 17.7 Å². The van der Waals surface area contributed by atoms with Crippen molar-refractivity contribution in [1.82, 2.24) is 4.98 Å². The van der Waals surface area contributed by atoms with Crippen molar-refractivity contribution in [2.24, 2.45) is 0 Å². The molecule has 2 aromatic heterocycles. The molecule has 1 aliphatic heterocycles. The summed E-state index contributed by atoms with van der Waals surface area (Å²) in [7, 11) is 3.17. The van der Waals surface area contributed by atoms with E-state index >= 15 is 0 Å². The Kier molecular flexibility index (Phi) is 5.82. The number of aromatic nitrogens is 1. The van der Waals surface area contributed by atoms with Gasteiger partial charge in [0.15, 0.2) is 5.13 Å². The number of aliphatic hydroxyl groups is 1. The Labute approximate surface area is 209 Å². The van der Waals surface area contributed by atoms with Crippen molar-refractivity contribution in [3.8, 4) is 11.5 Å². The van der Waals surface area contributed by atoms with E-state index in [1.54, 1.807) is 32.4 Å². The number of aryl methyl sites for hydroxylation is 2. The molecule has 1 amide bonds. The summed E-state index contributed by atoms with van der Waals surface area (Å²) in [5.74, 6) is -0.314. The van der Waals surface area contributed by atoms with Crippen molar-refractivity contribution in [2.45, 2.75) is 19.9 Å². The zero-order chi connectivity index (χ0) is 24.9. The molecule has 2 aromatic carbocycles. The van der Waals surface area contributed by atoms with E-state index in [1.165, 1.54) is 27.6 Å². The fourth-order valence-electron chi connectivity index (χ4n) is 4.30. The Hall–Kier alpha value is -3.69. The maximum absolute atomic E-state index is 13.3. The zero-order valence-corrected chi connectivity index (χ0v) is 21.1. The first-order valence-electron chi connectivity index (χ1n) is 10.8. The molecule has 1 saturated heterocycles. The minimum Gasteiger partial charge on any atom is -0.507 e. The Morgan fingerprint density at radius 3 is 2.43 bits per heavy atom. The van der Waals surface area contributed by atoms with Crippen LogP contribution < -0.4 is 14.4 Å². The molecule has 9 heteroatoms. The van der Waals surface area contributed by atoms with E-state index in [1.807, 2.05) is 43.5 Å². The number of amides is 1. The third kappa shape index (κ3) is 3.77. The number of carbonyl (C=O) groups excluding carboxylic acids is 2. The molecule has 1 atom stereocenters. The first-order chi connectivity index (χ1) is 16.8. The second kappa shape index (κ2) is 8.83. The number of hydrogen-bond acceptors (Lipinski definition) is 8. The number of ketones is 1. The normalized spacial score (nSPS) is 17.4. The van der Waals surface area contributed by atoms with Crippen LogP contribution in [0, 0.1) is 13.8 Å². The van der Waals surface area contributed by atoms with Crippen LogP contribution in [0.5, 0.6) is 11.5 Å². The summed E-state index contributed by atoms with van der Waals surface area (Å²) in [5, 5.41) is 13.5. The number of benzene rings is 2. The fourth-order valence-corrected chi connectivity index (χ4v) is 6.12. The second-order valence-corrected chi connectivity index (χ2v) is 10.1. The highest BCUT2D eigenvalue weighted by atomic mass is 32.1. The summed E-state index contributed by atoms with van der Waals surface area (Å²) in [6, 6.07) is 11.8. The van der Waals surface area contributed by atoms with Gasteiger partial charge >= 0.3 is 5.91 Å². The van der Waals surface area contributed by atoms with E-state index in [4.69, 9.17) is 9.47 Å². The molecular weight excluding hydrogens is 484 g/mol. The number of nitrogens with zero attached hydrogens (tertiary/aromatic N) is 2. The van der Waals surface area contributed by atoms with Gasteiger partial charge in [-0.15, -0.1) is 11.3 Å². The lowest BCUT2D eigenvalue weighted by Crippen LogP contribution is -2.28. The van der Waals surface area contributed by atoms with Crippen molar-refractivity contribution >= 4 is 55.5 Å². The molecule has 35 heavy (non-hydrogen) atoms. The van der Waals surface area contributed by atoms with Crippen molar-refractivity contribution < 1.29 is 24.2 Å². The molecule has 0 saturated carbocycles. The first-order valence-corrected chi connectivity index (χ1v) is 12.5. The minimum absolute atomic E-state index is 0.0371. The molecule has 7 nitrogen and oxygen atoms in total. The van der Waals surface area contributed by atoms with Crippen LogP contribution in [0.4, 0.5) is 5.13 Å². The van der Waals surface area contributed by atoms with Crippen LogP contribution in [0.15, 0.2) is 53.4 Å². The van der Waals surface area contributed by atoms with Gasteiger partial charge in [0.1, 0.15) is 23.3 Å². The average Bonchev–Trinajstić information content (AvgIpc) is 3.56. The zero-order valence-electron chi connectivity index (χ0n) is 19.5. The van der Waals surface area contributed by atoms with Gasteiger partial charge in [-0.2, -0.15) is 0 Å². The molecular formula is C26H22N2O5S2. The highest BCUT2D eigenvalue weighted by molar-refractivity contribution is 7.22. The van der Waals surface area contributed by atoms with E-state index in [0.29, 0.717) is 22.0 Å². The summed E-state index contributed by atoms with van der Waals surface area (Å²) in [6.45, 7) is 3.77. The molecule has 3 heterocycles.